The normalized spacial score (nSPS) is 11.0. The van der Waals surface area contributed by atoms with E-state index in [0.29, 0.717) is 33.4 Å². The molecule has 0 aliphatic heterocycles. The van der Waals surface area contributed by atoms with Gasteiger partial charge >= 0.3 is 17.1 Å². The molecule has 0 aliphatic carbocycles. The summed E-state index contributed by atoms with van der Waals surface area (Å²) in [5, 5.41) is 35.3. The molecule has 0 unspecified atom stereocenters. The number of hydrogen-bond acceptors (Lipinski definition) is 6. The Balaban J connectivity index is 0.000000208. The van der Waals surface area contributed by atoms with Crippen LogP contribution in [0.15, 0.2) is 200 Å². The summed E-state index contributed by atoms with van der Waals surface area (Å²) in [5.41, 5.74) is 3.15. The smallest absolute Gasteiger partial charge is 0.872 e. The summed E-state index contributed by atoms with van der Waals surface area (Å²) >= 11 is 0. The van der Waals surface area contributed by atoms with E-state index >= 15 is 0 Å². The molecule has 0 heterocycles. The van der Waals surface area contributed by atoms with Crippen LogP contribution in [0.4, 0.5) is 0 Å². The zero-order valence-corrected chi connectivity index (χ0v) is 29.0. The van der Waals surface area contributed by atoms with E-state index in [2.05, 4.69) is 0 Å². The molecule has 0 aromatic heterocycles. The van der Waals surface area contributed by atoms with Crippen LogP contribution in [0.5, 0.6) is 0 Å². The summed E-state index contributed by atoms with van der Waals surface area (Å²) in [5.74, 6) is -1.59. The second kappa shape index (κ2) is 21.5. The predicted octanol–water partition coefficient (Wildman–Crippen LogP) is 6.81. The molecule has 0 fully saturated rings. The molecule has 0 spiro atoms. The number of ketones is 3. The van der Waals surface area contributed by atoms with Gasteiger partial charge in [0.15, 0.2) is 17.3 Å². The van der Waals surface area contributed by atoms with E-state index in [9.17, 15) is 29.7 Å². The largest absolute Gasteiger partial charge is 3.00 e. The summed E-state index contributed by atoms with van der Waals surface area (Å²) in [6.45, 7) is 0. The molecule has 0 aliphatic rings. The standard InChI is InChI=1S/3C15H12O2.Fe/c3*16-14(12-7-3-1-4-8-12)11-15(17)13-9-5-2-6-10-13;/h3*1-11,16H;/q;;;+3/p-3/b2*14-11+;;. The Morgan fingerprint density at radius 1 is 0.288 bits per heavy atom. The molecule has 0 saturated heterocycles. The number of carbonyl (C=O) groups excluding carboxylic acids is 3. The first-order valence-electron chi connectivity index (χ1n) is 15.9. The van der Waals surface area contributed by atoms with Crippen LogP contribution < -0.4 is 15.3 Å². The Morgan fingerprint density at radius 2 is 0.442 bits per heavy atom. The first-order chi connectivity index (χ1) is 24.8. The van der Waals surface area contributed by atoms with Crippen molar-refractivity contribution in [3.8, 4) is 0 Å². The zero-order valence-electron chi connectivity index (χ0n) is 27.9. The molecule has 6 aromatic rings. The van der Waals surface area contributed by atoms with E-state index in [1.807, 2.05) is 36.4 Å². The molecule has 7 heteroatoms. The summed E-state index contributed by atoms with van der Waals surface area (Å²) in [7, 11) is 0. The van der Waals surface area contributed by atoms with Gasteiger partial charge in [0.05, 0.1) is 0 Å². The van der Waals surface area contributed by atoms with E-state index in [4.69, 9.17) is 0 Å². The van der Waals surface area contributed by atoms with Gasteiger partial charge < -0.3 is 15.3 Å². The van der Waals surface area contributed by atoms with Gasteiger partial charge in [-0.3, -0.25) is 14.4 Å². The molecular weight excluding hydrogens is 692 g/mol. The second-order valence-electron chi connectivity index (χ2n) is 10.8. The Bertz CT molecular complexity index is 1830. The third-order valence-corrected chi connectivity index (χ3v) is 7.14. The van der Waals surface area contributed by atoms with Crippen molar-refractivity contribution in [3.63, 3.8) is 0 Å². The third-order valence-electron chi connectivity index (χ3n) is 7.14. The quantitative estimate of drug-likeness (QED) is 0.0700. The molecule has 6 rings (SSSR count). The average Bonchev–Trinajstić information content (AvgIpc) is 3.20. The van der Waals surface area contributed by atoms with Gasteiger partial charge in [-0.1, -0.05) is 199 Å². The molecule has 1 radical (unpaired) electrons. The summed E-state index contributed by atoms with van der Waals surface area (Å²) in [6, 6.07) is 52.5. The van der Waals surface area contributed by atoms with Crippen LogP contribution in [-0.2, 0) is 17.1 Å². The number of hydrogen-bond donors (Lipinski definition) is 0. The monoisotopic (exact) mass is 725 g/mol. The number of carbonyl (C=O) groups is 3. The zero-order chi connectivity index (χ0) is 36.3. The fraction of sp³-hybridized carbons (Fsp3) is 0. The van der Waals surface area contributed by atoms with Gasteiger partial charge in [-0.25, -0.2) is 0 Å². The van der Waals surface area contributed by atoms with Crippen LogP contribution in [0.25, 0.3) is 17.3 Å². The van der Waals surface area contributed by atoms with Crippen molar-refractivity contribution in [3.05, 3.63) is 234 Å². The van der Waals surface area contributed by atoms with Gasteiger partial charge in [0.25, 0.3) is 0 Å². The van der Waals surface area contributed by atoms with Crippen molar-refractivity contribution in [2.75, 3.05) is 0 Å². The van der Waals surface area contributed by atoms with E-state index in [0.717, 1.165) is 18.2 Å². The van der Waals surface area contributed by atoms with Crippen LogP contribution in [0.1, 0.15) is 47.8 Å². The Labute approximate surface area is 313 Å². The van der Waals surface area contributed by atoms with Crippen LogP contribution >= 0.6 is 0 Å². The van der Waals surface area contributed by atoms with Crippen molar-refractivity contribution >= 4 is 34.6 Å². The maximum absolute atomic E-state index is 11.8. The molecule has 6 aromatic carbocycles. The summed E-state index contributed by atoms with van der Waals surface area (Å²) < 4.78 is 0. The predicted molar refractivity (Wildman–Crippen MR) is 196 cm³/mol. The summed E-state index contributed by atoms with van der Waals surface area (Å²) in [4.78, 5) is 35.3. The first kappa shape index (κ1) is 39.9. The molecular formula is C45H33FeO6. The minimum Gasteiger partial charge on any atom is -0.872 e. The van der Waals surface area contributed by atoms with Gasteiger partial charge in [0.2, 0.25) is 0 Å². The molecule has 0 amide bonds. The fourth-order valence-corrected chi connectivity index (χ4v) is 4.47. The molecule has 0 atom stereocenters. The van der Waals surface area contributed by atoms with Gasteiger partial charge in [-0.2, -0.15) is 0 Å². The van der Waals surface area contributed by atoms with Gasteiger partial charge in [0.1, 0.15) is 0 Å². The molecule has 0 bridgehead atoms. The minimum absolute atomic E-state index is 0. The SMILES string of the molecule is O=C(/C=C(/[O-])c1ccccc1)c1ccccc1.O=C(/C=C(/[O-])c1ccccc1)c1ccccc1.O=C(C=C([O-])c1ccccc1)c1ccccc1.[Fe+3]. The van der Waals surface area contributed by atoms with E-state index < -0.39 is 0 Å². The van der Waals surface area contributed by atoms with Gasteiger partial charge in [-0.15, -0.1) is 0 Å². The minimum atomic E-state index is -0.264. The molecule has 0 saturated carbocycles. The third kappa shape index (κ3) is 13.1. The van der Waals surface area contributed by atoms with Crippen molar-refractivity contribution in [2.45, 2.75) is 0 Å². The molecule has 257 valence electrons. The molecule has 6 nitrogen and oxygen atoms in total. The second-order valence-corrected chi connectivity index (χ2v) is 10.8. The van der Waals surface area contributed by atoms with Crippen molar-refractivity contribution in [1.29, 1.82) is 0 Å². The number of rotatable bonds is 9. The van der Waals surface area contributed by atoms with Crippen molar-refractivity contribution in [2.24, 2.45) is 0 Å². The topological polar surface area (TPSA) is 120 Å². The van der Waals surface area contributed by atoms with Gasteiger partial charge in [0, 0.05) is 16.7 Å². The maximum Gasteiger partial charge on any atom is 3.00 e. The average molecular weight is 726 g/mol. The van der Waals surface area contributed by atoms with E-state index in [1.165, 1.54) is 0 Å². The van der Waals surface area contributed by atoms with Crippen LogP contribution in [0.3, 0.4) is 0 Å². The van der Waals surface area contributed by atoms with Crippen LogP contribution in [0, 0.1) is 0 Å². The maximum atomic E-state index is 11.8. The summed E-state index contributed by atoms with van der Waals surface area (Å²) in [6.07, 6.45) is 3.39. The fourth-order valence-electron chi connectivity index (χ4n) is 4.47. The van der Waals surface area contributed by atoms with Crippen LogP contribution in [-0.4, -0.2) is 17.3 Å². The number of allylic oxidation sites excluding steroid dienone is 3. The molecule has 52 heavy (non-hydrogen) atoms. The Morgan fingerprint density at radius 3 is 0.615 bits per heavy atom. The first-order valence-corrected chi connectivity index (χ1v) is 15.9. The Kier molecular flexibility index (Phi) is 16.5. The van der Waals surface area contributed by atoms with Crippen molar-refractivity contribution < 1.29 is 46.8 Å². The van der Waals surface area contributed by atoms with Crippen molar-refractivity contribution in [1.82, 2.24) is 0 Å². The molecule has 0 N–H and O–H groups in total. The number of benzene rings is 6. The van der Waals surface area contributed by atoms with Crippen LogP contribution in [0.2, 0.25) is 0 Å². The van der Waals surface area contributed by atoms with E-state index in [-0.39, 0.29) is 51.7 Å². The van der Waals surface area contributed by atoms with Gasteiger partial charge in [-0.05, 0) is 34.9 Å². The Hall–Kier alpha value is -6.53. The van der Waals surface area contributed by atoms with E-state index in [1.54, 1.807) is 146 Å².